The molecule has 0 saturated heterocycles. The van der Waals surface area contributed by atoms with Gasteiger partial charge in [-0.25, -0.2) is 0 Å². The number of allylic oxidation sites excluding steroid dienone is 2. The van der Waals surface area contributed by atoms with Crippen LogP contribution < -0.4 is 0 Å². The van der Waals surface area contributed by atoms with Gasteiger partial charge in [0.15, 0.2) is 0 Å². The van der Waals surface area contributed by atoms with Crippen LogP contribution in [0.3, 0.4) is 0 Å². The fourth-order valence-electron chi connectivity index (χ4n) is 1.22. The number of ether oxygens (including phenoxy) is 1. The molecule has 0 aromatic carbocycles. The first-order valence-corrected chi connectivity index (χ1v) is 4.92. The van der Waals surface area contributed by atoms with Gasteiger partial charge >= 0.3 is 0 Å². The van der Waals surface area contributed by atoms with Crippen molar-refractivity contribution in [3.63, 3.8) is 0 Å². The SMILES string of the molecule is COCCC(CC=C(C)C)/C(C)=N/O. The van der Waals surface area contributed by atoms with Crippen LogP contribution in [0.1, 0.15) is 33.6 Å². The van der Waals surface area contributed by atoms with Crippen molar-refractivity contribution in [2.24, 2.45) is 11.1 Å². The van der Waals surface area contributed by atoms with E-state index in [1.54, 1.807) is 7.11 Å². The average Bonchev–Trinajstić information content (AvgIpc) is 2.16. The second-order valence-electron chi connectivity index (χ2n) is 3.74. The molecule has 0 aromatic rings. The smallest absolute Gasteiger partial charge is 0.0574 e. The first kappa shape index (κ1) is 13.2. The summed E-state index contributed by atoms with van der Waals surface area (Å²) in [7, 11) is 1.68. The van der Waals surface area contributed by atoms with E-state index in [4.69, 9.17) is 9.94 Å². The molecule has 0 aliphatic carbocycles. The zero-order valence-corrected chi connectivity index (χ0v) is 9.58. The molecule has 1 atom stereocenters. The van der Waals surface area contributed by atoms with Crippen molar-refractivity contribution in [2.45, 2.75) is 33.6 Å². The van der Waals surface area contributed by atoms with Crippen LogP contribution in [0.15, 0.2) is 16.8 Å². The van der Waals surface area contributed by atoms with Gasteiger partial charge in [-0.1, -0.05) is 16.8 Å². The number of hydrogen-bond acceptors (Lipinski definition) is 3. The van der Waals surface area contributed by atoms with Gasteiger partial charge in [0.25, 0.3) is 0 Å². The number of hydrogen-bond donors (Lipinski definition) is 1. The molecule has 14 heavy (non-hydrogen) atoms. The quantitative estimate of drug-likeness (QED) is 0.309. The van der Waals surface area contributed by atoms with Crippen LogP contribution in [0.5, 0.6) is 0 Å². The van der Waals surface area contributed by atoms with E-state index < -0.39 is 0 Å². The highest BCUT2D eigenvalue weighted by Crippen LogP contribution is 2.13. The molecule has 0 fully saturated rings. The van der Waals surface area contributed by atoms with Crippen molar-refractivity contribution in [2.75, 3.05) is 13.7 Å². The zero-order chi connectivity index (χ0) is 11.0. The third-order valence-electron chi connectivity index (χ3n) is 2.23. The van der Waals surface area contributed by atoms with Crippen molar-refractivity contribution < 1.29 is 9.94 Å². The van der Waals surface area contributed by atoms with Gasteiger partial charge in [0.05, 0.1) is 5.71 Å². The third kappa shape index (κ3) is 5.75. The first-order valence-electron chi connectivity index (χ1n) is 4.92. The molecule has 3 heteroatoms. The predicted octanol–water partition coefficient (Wildman–Crippen LogP) is 2.85. The van der Waals surface area contributed by atoms with E-state index in [9.17, 15) is 0 Å². The van der Waals surface area contributed by atoms with Crippen molar-refractivity contribution in [3.05, 3.63) is 11.6 Å². The first-order chi connectivity index (χ1) is 6.61. The van der Waals surface area contributed by atoms with Gasteiger partial charge in [-0.15, -0.1) is 0 Å². The maximum atomic E-state index is 8.70. The van der Waals surface area contributed by atoms with E-state index in [-0.39, 0.29) is 5.92 Å². The van der Waals surface area contributed by atoms with Gasteiger partial charge in [0.1, 0.15) is 0 Å². The van der Waals surface area contributed by atoms with Crippen LogP contribution in [-0.2, 0) is 4.74 Å². The molecule has 0 aromatic heterocycles. The highest BCUT2D eigenvalue weighted by molar-refractivity contribution is 5.83. The summed E-state index contributed by atoms with van der Waals surface area (Å²) in [6.07, 6.45) is 3.98. The summed E-state index contributed by atoms with van der Waals surface area (Å²) >= 11 is 0. The van der Waals surface area contributed by atoms with E-state index in [1.165, 1.54) is 5.57 Å². The minimum absolute atomic E-state index is 0.287. The fourth-order valence-corrected chi connectivity index (χ4v) is 1.22. The Bertz CT molecular complexity index is 205. The van der Waals surface area contributed by atoms with Crippen LogP contribution in [-0.4, -0.2) is 24.6 Å². The molecule has 0 rings (SSSR count). The predicted molar refractivity (Wildman–Crippen MR) is 58.9 cm³/mol. The summed E-state index contributed by atoms with van der Waals surface area (Å²) in [5.74, 6) is 0.287. The van der Waals surface area contributed by atoms with E-state index >= 15 is 0 Å². The number of rotatable bonds is 6. The van der Waals surface area contributed by atoms with E-state index in [2.05, 4.69) is 25.1 Å². The van der Waals surface area contributed by atoms with E-state index in [0.717, 1.165) is 18.6 Å². The topological polar surface area (TPSA) is 41.8 Å². The van der Waals surface area contributed by atoms with Crippen molar-refractivity contribution >= 4 is 5.71 Å². The molecule has 0 saturated carbocycles. The van der Waals surface area contributed by atoms with Crippen molar-refractivity contribution in [1.82, 2.24) is 0 Å². The largest absolute Gasteiger partial charge is 0.411 e. The second-order valence-corrected chi connectivity index (χ2v) is 3.74. The monoisotopic (exact) mass is 199 g/mol. The molecule has 0 amide bonds. The Morgan fingerprint density at radius 2 is 2.07 bits per heavy atom. The molecule has 1 N–H and O–H groups in total. The minimum Gasteiger partial charge on any atom is -0.411 e. The van der Waals surface area contributed by atoms with Gasteiger partial charge < -0.3 is 9.94 Å². The summed E-state index contributed by atoms with van der Waals surface area (Å²) in [6.45, 7) is 6.69. The van der Waals surface area contributed by atoms with Gasteiger partial charge in [0.2, 0.25) is 0 Å². The Hall–Kier alpha value is -0.830. The van der Waals surface area contributed by atoms with Crippen LogP contribution in [0.2, 0.25) is 0 Å². The lowest BCUT2D eigenvalue weighted by Crippen LogP contribution is -2.13. The number of methoxy groups -OCH3 is 1. The number of oxime groups is 1. The molecule has 1 unspecified atom stereocenters. The van der Waals surface area contributed by atoms with E-state index in [1.807, 2.05) is 6.92 Å². The standard InChI is InChI=1S/C11H21NO2/c1-9(2)5-6-11(7-8-14-4)10(3)12-13/h5,11,13H,6-8H2,1-4H3/b12-10+. The average molecular weight is 199 g/mol. The molecule has 0 aliphatic heterocycles. The molecular formula is C11H21NO2. The molecule has 0 spiro atoms. The Morgan fingerprint density at radius 1 is 1.43 bits per heavy atom. The summed E-state index contributed by atoms with van der Waals surface area (Å²) in [6, 6.07) is 0. The molecule has 0 bridgehead atoms. The summed E-state index contributed by atoms with van der Waals surface area (Å²) in [5, 5.41) is 11.9. The Balaban J connectivity index is 4.18. The van der Waals surface area contributed by atoms with Crippen LogP contribution in [0.4, 0.5) is 0 Å². The summed E-state index contributed by atoms with van der Waals surface area (Å²) in [4.78, 5) is 0. The summed E-state index contributed by atoms with van der Waals surface area (Å²) in [5.41, 5.74) is 2.07. The van der Waals surface area contributed by atoms with Crippen LogP contribution in [0, 0.1) is 5.92 Å². The molecule has 0 heterocycles. The molecule has 82 valence electrons. The lowest BCUT2D eigenvalue weighted by molar-refractivity contribution is 0.185. The maximum absolute atomic E-state index is 8.70. The Kier molecular flexibility index (Phi) is 7.11. The van der Waals surface area contributed by atoms with Gasteiger partial charge in [-0.2, -0.15) is 0 Å². The van der Waals surface area contributed by atoms with Crippen molar-refractivity contribution in [3.8, 4) is 0 Å². The Labute approximate surface area is 86.5 Å². The fraction of sp³-hybridized carbons (Fsp3) is 0.727. The van der Waals surface area contributed by atoms with Gasteiger partial charge in [0, 0.05) is 19.6 Å². The molecule has 0 radical (unpaired) electrons. The lowest BCUT2D eigenvalue weighted by Gasteiger charge is -2.13. The minimum atomic E-state index is 0.287. The molecule has 3 nitrogen and oxygen atoms in total. The highest BCUT2D eigenvalue weighted by Gasteiger charge is 2.10. The van der Waals surface area contributed by atoms with Crippen molar-refractivity contribution in [1.29, 1.82) is 0 Å². The normalized spacial score (nSPS) is 13.9. The zero-order valence-electron chi connectivity index (χ0n) is 9.58. The third-order valence-corrected chi connectivity index (χ3v) is 2.23. The highest BCUT2D eigenvalue weighted by atomic mass is 16.5. The second kappa shape index (κ2) is 7.56. The Morgan fingerprint density at radius 3 is 2.50 bits per heavy atom. The van der Waals surface area contributed by atoms with Gasteiger partial charge in [-0.05, 0) is 33.6 Å². The lowest BCUT2D eigenvalue weighted by atomic mass is 9.96. The van der Waals surface area contributed by atoms with Gasteiger partial charge in [-0.3, -0.25) is 0 Å². The number of nitrogens with zero attached hydrogens (tertiary/aromatic N) is 1. The molecular weight excluding hydrogens is 178 g/mol. The van der Waals surface area contributed by atoms with E-state index in [0.29, 0.717) is 6.61 Å². The summed E-state index contributed by atoms with van der Waals surface area (Å²) < 4.78 is 5.02. The maximum Gasteiger partial charge on any atom is 0.0574 e. The van der Waals surface area contributed by atoms with Crippen LogP contribution in [0.25, 0.3) is 0 Å². The van der Waals surface area contributed by atoms with Crippen LogP contribution >= 0.6 is 0 Å². The molecule has 0 aliphatic rings.